The van der Waals surface area contributed by atoms with Gasteiger partial charge in [0.2, 0.25) is 0 Å². The maximum Gasteiger partial charge on any atom is 0.332 e. The lowest BCUT2D eigenvalue weighted by Crippen LogP contribution is -2.41. The molecule has 0 saturated carbocycles. The Bertz CT molecular complexity index is 877. The molecule has 0 spiro atoms. The molecule has 3 rings (SSSR count). The molecule has 26 heavy (non-hydrogen) atoms. The second-order valence-corrected chi connectivity index (χ2v) is 6.29. The zero-order valence-corrected chi connectivity index (χ0v) is 15.3. The van der Waals surface area contributed by atoms with Crippen LogP contribution in [-0.2, 0) is 25.4 Å². The fraction of sp³-hybridized carbons (Fsp3) is 0.529. The largest absolute Gasteiger partial charge is 0.381 e. The maximum atomic E-state index is 12.8. The van der Waals surface area contributed by atoms with Crippen molar-refractivity contribution in [2.75, 3.05) is 23.4 Å². The molecule has 2 aromatic heterocycles. The Morgan fingerprint density at radius 2 is 2.04 bits per heavy atom. The predicted molar refractivity (Wildman–Crippen MR) is 98.3 cm³/mol. The van der Waals surface area contributed by atoms with Crippen LogP contribution < -0.4 is 21.5 Å². The van der Waals surface area contributed by atoms with E-state index >= 15 is 0 Å². The summed E-state index contributed by atoms with van der Waals surface area (Å²) in [5.74, 6) is 0.535. The first-order valence-electron chi connectivity index (χ1n) is 8.70. The van der Waals surface area contributed by atoms with Gasteiger partial charge in [-0.25, -0.2) is 14.8 Å². The second kappa shape index (κ2) is 7.69. The molecule has 0 bridgehead atoms. The van der Waals surface area contributed by atoms with E-state index in [-0.39, 0.29) is 17.4 Å². The Balaban J connectivity index is 1.96. The number of ether oxygens (including phenoxy) is 1. The second-order valence-electron chi connectivity index (χ2n) is 6.29. The van der Waals surface area contributed by atoms with E-state index in [4.69, 9.17) is 4.74 Å². The summed E-state index contributed by atoms with van der Waals surface area (Å²) in [4.78, 5) is 35.2. The lowest BCUT2D eigenvalue weighted by molar-refractivity contribution is 0.129. The number of hydrogen-bond acceptors (Lipinski definition) is 7. The van der Waals surface area contributed by atoms with Gasteiger partial charge in [-0.3, -0.25) is 13.9 Å². The zero-order valence-electron chi connectivity index (χ0n) is 15.3. The minimum absolute atomic E-state index is 0.155. The minimum Gasteiger partial charge on any atom is -0.381 e. The smallest absolute Gasteiger partial charge is 0.332 e. The van der Waals surface area contributed by atoms with E-state index < -0.39 is 0 Å². The van der Waals surface area contributed by atoms with E-state index in [1.54, 1.807) is 13.2 Å². The molecule has 1 aliphatic rings. The number of anilines is 2. The van der Waals surface area contributed by atoms with Crippen molar-refractivity contribution in [2.45, 2.75) is 32.5 Å². The molecule has 1 unspecified atom stereocenters. The number of nitrogens with one attached hydrogen (secondary N) is 1. The number of hydrogen-bond donors (Lipinski definition) is 1. The van der Waals surface area contributed by atoms with Gasteiger partial charge >= 0.3 is 5.69 Å². The molecule has 9 nitrogen and oxygen atoms in total. The van der Waals surface area contributed by atoms with Crippen molar-refractivity contribution in [1.82, 2.24) is 19.1 Å². The summed E-state index contributed by atoms with van der Waals surface area (Å²) in [5.41, 5.74) is 0.603. The first kappa shape index (κ1) is 18.1. The molecule has 0 aliphatic carbocycles. The Labute approximate surface area is 151 Å². The van der Waals surface area contributed by atoms with Crippen molar-refractivity contribution >= 4 is 11.5 Å². The molecule has 0 aromatic carbocycles. The Kier molecular flexibility index (Phi) is 5.36. The fourth-order valence-corrected chi connectivity index (χ4v) is 3.09. The van der Waals surface area contributed by atoms with Crippen LogP contribution >= 0.6 is 0 Å². The van der Waals surface area contributed by atoms with Gasteiger partial charge < -0.3 is 15.0 Å². The van der Waals surface area contributed by atoms with Gasteiger partial charge in [0.05, 0.1) is 18.8 Å². The topological polar surface area (TPSA) is 94.3 Å². The van der Waals surface area contributed by atoms with Gasteiger partial charge in [-0.05, 0) is 12.5 Å². The molecular formula is C17H24N6O3. The standard InChI is InChI=1S/C17H24N6O3/c1-4-8-26-9-6-13-20-15-14(16(24)22(3)17(25)21(15)2)23(13)10-12-5-7-18-11-19-12/h5,7,11,13,20H,4,6,8-10H2,1-3H3. The van der Waals surface area contributed by atoms with E-state index in [2.05, 4.69) is 22.2 Å². The predicted octanol–water partition coefficient (Wildman–Crippen LogP) is 0.449. The number of rotatable bonds is 7. The molecule has 0 saturated heterocycles. The van der Waals surface area contributed by atoms with Crippen LogP contribution in [0.25, 0.3) is 0 Å². The summed E-state index contributed by atoms with van der Waals surface area (Å²) in [5, 5.41) is 3.31. The molecule has 3 heterocycles. The Morgan fingerprint density at radius 3 is 2.73 bits per heavy atom. The van der Waals surface area contributed by atoms with Crippen LogP contribution in [0.4, 0.5) is 11.5 Å². The number of nitrogens with zero attached hydrogens (tertiary/aromatic N) is 5. The van der Waals surface area contributed by atoms with Gasteiger partial charge in [-0.1, -0.05) is 6.92 Å². The van der Waals surface area contributed by atoms with Crippen molar-refractivity contribution in [3.63, 3.8) is 0 Å². The van der Waals surface area contributed by atoms with Crippen molar-refractivity contribution in [3.8, 4) is 0 Å². The van der Waals surface area contributed by atoms with Crippen LogP contribution in [0.3, 0.4) is 0 Å². The van der Waals surface area contributed by atoms with Crippen molar-refractivity contribution in [3.05, 3.63) is 45.1 Å². The van der Waals surface area contributed by atoms with Crippen LogP contribution in [0.5, 0.6) is 0 Å². The lowest BCUT2D eigenvalue weighted by Gasteiger charge is -2.25. The lowest BCUT2D eigenvalue weighted by atomic mass is 10.3. The molecular weight excluding hydrogens is 336 g/mol. The van der Waals surface area contributed by atoms with Crippen molar-refractivity contribution in [1.29, 1.82) is 0 Å². The summed E-state index contributed by atoms with van der Waals surface area (Å²) >= 11 is 0. The van der Waals surface area contributed by atoms with E-state index in [0.717, 1.165) is 16.7 Å². The molecule has 1 N–H and O–H groups in total. The van der Waals surface area contributed by atoms with E-state index in [9.17, 15) is 9.59 Å². The number of aromatic nitrogens is 4. The first-order valence-corrected chi connectivity index (χ1v) is 8.70. The molecule has 0 radical (unpaired) electrons. The van der Waals surface area contributed by atoms with E-state index in [1.165, 1.54) is 17.9 Å². The van der Waals surface area contributed by atoms with Crippen LogP contribution in [0.1, 0.15) is 25.5 Å². The minimum atomic E-state index is -0.355. The monoisotopic (exact) mass is 360 g/mol. The average molecular weight is 360 g/mol. The van der Waals surface area contributed by atoms with Crippen LogP contribution in [0.2, 0.25) is 0 Å². The number of fused-ring (bicyclic) bond motifs is 1. The quantitative estimate of drug-likeness (QED) is 0.716. The van der Waals surface area contributed by atoms with Gasteiger partial charge in [0.25, 0.3) is 5.56 Å². The molecule has 1 atom stereocenters. The molecule has 2 aromatic rings. The van der Waals surface area contributed by atoms with Gasteiger partial charge in [-0.2, -0.15) is 0 Å². The zero-order chi connectivity index (χ0) is 18.7. The van der Waals surface area contributed by atoms with Gasteiger partial charge in [-0.15, -0.1) is 0 Å². The normalized spacial score (nSPS) is 15.8. The van der Waals surface area contributed by atoms with Crippen LogP contribution in [0, 0.1) is 0 Å². The highest BCUT2D eigenvalue weighted by atomic mass is 16.5. The van der Waals surface area contributed by atoms with Crippen LogP contribution in [0.15, 0.2) is 28.2 Å². The fourth-order valence-electron chi connectivity index (χ4n) is 3.09. The Morgan fingerprint density at radius 1 is 1.23 bits per heavy atom. The maximum absolute atomic E-state index is 12.8. The molecule has 1 aliphatic heterocycles. The summed E-state index contributed by atoms with van der Waals surface area (Å²) in [6, 6.07) is 1.81. The van der Waals surface area contributed by atoms with Gasteiger partial charge in [0.15, 0.2) is 0 Å². The van der Waals surface area contributed by atoms with E-state index in [1.807, 2.05) is 11.0 Å². The van der Waals surface area contributed by atoms with Gasteiger partial charge in [0.1, 0.15) is 24.0 Å². The highest BCUT2D eigenvalue weighted by Gasteiger charge is 2.34. The summed E-state index contributed by atoms with van der Waals surface area (Å²) < 4.78 is 8.20. The molecule has 0 amide bonds. The van der Waals surface area contributed by atoms with E-state index in [0.29, 0.717) is 37.7 Å². The Hall–Kier alpha value is -2.68. The average Bonchev–Trinajstić information content (AvgIpc) is 3.01. The van der Waals surface area contributed by atoms with Crippen molar-refractivity contribution in [2.24, 2.45) is 14.1 Å². The summed E-state index contributed by atoms with van der Waals surface area (Å²) in [7, 11) is 3.15. The highest BCUT2D eigenvalue weighted by Crippen LogP contribution is 2.32. The van der Waals surface area contributed by atoms with Crippen LogP contribution in [-0.4, -0.2) is 38.5 Å². The third-order valence-electron chi connectivity index (χ3n) is 4.47. The SMILES string of the molecule is CCCOCCC1Nc2c(c(=O)n(C)c(=O)n2C)N1Cc1ccncn1. The molecule has 140 valence electrons. The highest BCUT2D eigenvalue weighted by molar-refractivity contribution is 5.71. The molecule has 0 fully saturated rings. The van der Waals surface area contributed by atoms with Crippen molar-refractivity contribution < 1.29 is 4.74 Å². The summed E-state index contributed by atoms with van der Waals surface area (Å²) in [6.07, 6.45) is 4.63. The molecule has 9 heteroatoms. The first-order chi connectivity index (χ1) is 12.5. The third kappa shape index (κ3) is 3.34. The van der Waals surface area contributed by atoms with Gasteiger partial charge in [0, 0.05) is 33.3 Å². The third-order valence-corrected chi connectivity index (χ3v) is 4.47. The summed E-state index contributed by atoms with van der Waals surface area (Å²) in [6.45, 7) is 3.76.